The SMILES string of the molecule is O=c1[nH]c(O)c(-c2c([N+](=O)[O-])cc([N+](=O)[O-])cc2[N+](=O)[O-])c(=O)[nH]1. The topological polar surface area (TPSA) is 215 Å². The van der Waals surface area contributed by atoms with Gasteiger partial charge in [0.15, 0.2) is 0 Å². The number of hydrogen-bond acceptors (Lipinski definition) is 9. The molecule has 0 atom stereocenters. The summed E-state index contributed by atoms with van der Waals surface area (Å²) in [5.74, 6) is -1.16. The molecule has 0 radical (unpaired) electrons. The van der Waals surface area contributed by atoms with Crippen molar-refractivity contribution in [2.45, 2.75) is 0 Å². The Morgan fingerprint density at radius 1 is 0.833 bits per heavy atom. The van der Waals surface area contributed by atoms with E-state index in [1.54, 1.807) is 9.97 Å². The average Bonchev–Trinajstić information content (AvgIpc) is 2.45. The molecule has 0 amide bonds. The maximum atomic E-state index is 11.8. The van der Waals surface area contributed by atoms with E-state index in [1.807, 2.05) is 0 Å². The van der Waals surface area contributed by atoms with Crippen LogP contribution in [0.2, 0.25) is 0 Å². The third kappa shape index (κ3) is 2.65. The van der Waals surface area contributed by atoms with Crippen molar-refractivity contribution in [3.05, 3.63) is 63.3 Å². The van der Waals surface area contributed by atoms with Crippen LogP contribution in [0.3, 0.4) is 0 Å². The Bertz CT molecular complexity index is 970. The van der Waals surface area contributed by atoms with E-state index in [0.29, 0.717) is 12.1 Å². The number of rotatable bonds is 4. The summed E-state index contributed by atoms with van der Waals surface area (Å²) in [4.78, 5) is 55.8. The lowest BCUT2D eigenvalue weighted by Crippen LogP contribution is -2.23. The number of aromatic nitrogens is 2. The largest absolute Gasteiger partial charge is 0.494 e. The van der Waals surface area contributed by atoms with E-state index in [0.717, 1.165) is 0 Å². The van der Waals surface area contributed by atoms with E-state index in [-0.39, 0.29) is 0 Å². The summed E-state index contributed by atoms with van der Waals surface area (Å²) in [6, 6.07) is 0.790. The zero-order chi connectivity index (χ0) is 18.2. The van der Waals surface area contributed by atoms with Gasteiger partial charge < -0.3 is 5.11 Å². The number of benzene rings is 1. The van der Waals surface area contributed by atoms with Gasteiger partial charge in [0.2, 0.25) is 5.88 Å². The van der Waals surface area contributed by atoms with Gasteiger partial charge in [0.05, 0.1) is 26.9 Å². The van der Waals surface area contributed by atoms with E-state index in [9.17, 15) is 45.0 Å². The highest BCUT2D eigenvalue weighted by Gasteiger charge is 2.34. The Balaban J connectivity index is 3.05. The van der Waals surface area contributed by atoms with Gasteiger partial charge in [-0.1, -0.05) is 0 Å². The molecule has 24 heavy (non-hydrogen) atoms. The molecule has 0 saturated heterocycles. The summed E-state index contributed by atoms with van der Waals surface area (Å²) >= 11 is 0. The zero-order valence-corrected chi connectivity index (χ0v) is 11.2. The predicted molar refractivity (Wildman–Crippen MR) is 74.7 cm³/mol. The number of hydrogen-bond donors (Lipinski definition) is 3. The average molecular weight is 339 g/mol. The first-order chi connectivity index (χ1) is 11.1. The molecule has 0 aliphatic heterocycles. The minimum absolute atomic E-state index is 0.395. The van der Waals surface area contributed by atoms with Crippen LogP contribution in [-0.2, 0) is 0 Å². The van der Waals surface area contributed by atoms with Crippen LogP contribution in [0.15, 0.2) is 21.7 Å². The maximum Gasteiger partial charge on any atom is 0.328 e. The van der Waals surface area contributed by atoms with Crippen LogP contribution in [0.5, 0.6) is 5.88 Å². The van der Waals surface area contributed by atoms with Crippen LogP contribution in [0, 0.1) is 30.3 Å². The molecule has 2 aromatic rings. The molecule has 0 aliphatic rings. The normalized spacial score (nSPS) is 10.3. The highest BCUT2D eigenvalue weighted by Crippen LogP contribution is 2.41. The molecule has 124 valence electrons. The Morgan fingerprint density at radius 3 is 1.71 bits per heavy atom. The van der Waals surface area contributed by atoms with Crippen molar-refractivity contribution >= 4 is 17.1 Å². The summed E-state index contributed by atoms with van der Waals surface area (Å²) < 4.78 is 0. The number of nitro benzene ring substituents is 3. The van der Waals surface area contributed by atoms with Crippen LogP contribution in [0.4, 0.5) is 17.1 Å². The van der Waals surface area contributed by atoms with Crippen LogP contribution >= 0.6 is 0 Å². The third-order valence-corrected chi connectivity index (χ3v) is 2.86. The first-order valence-electron chi connectivity index (χ1n) is 5.80. The van der Waals surface area contributed by atoms with Gasteiger partial charge in [0, 0.05) is 0 Å². The van der Waals surface area contributed by atoms with Crippen molar-refractivity contribution in [2.24, 2.45) is 0 Å². The molecule has 0 unspecified atom stereocenters. The second-order valence-corrected chi connectivity index (χ2v) is 4.26. The molecule has 0 aliphatic carbocycles. The van der Waals surface area contributed by atoms with Crippen LogP contribution in [-0.4, -0.2) is 29.8 Å². The molecule has 0 spiro atoms. The smallest absolute Gasteiger partial charge is 0.328 e. The molecular weight excluding hydrogens is 334 g/mol. The highest BCUT2D eigenvalue weighted by atomic mass is 16.6. The van der Waals surface area contributed by atoms with Crippen molar-refractivity contribution in [1.82, 2.24) is 9.97 Å². The standard InChI is InChI=1S/C10H5N5O9/c16-8-7(9(17)12-10(18)11-8)6-4(14(21)22)1-3(13(19)20)2-5(6)15(23)24/h1-2H,(H3,11,12,16,17,18). The monoisotopic (exact) mass is 339 g/mol. The van der Waals surface area contributed by atoms with E-state index >= 15 is 0 Å². The first kappa shape index (κ1) is 16.3. The first-order valence-corrected chi connectivity index (χ1v) is 5.80. The predicted octanol–water partition coefficient (Wildman–Crippen LogP) is 0.160. The lowest BCUT2D eigenvalue weighted by molar-refractivity contribution is -0.402. The van der Waals surface area contributed by atoms with Crippen molar-refractivity contribution in [1.29, 1.82) is 0 Å². The van der Waals surface area contributed by atoms with Gasteiger partial charge in [0.1, 0.15) is 11.1 Å². The van der Waals surface area contributed by atoms with Crippen molar-refractivity contribution in [3.8, 4) is 17.0 Å². The van der Waals surface area contributed by atoms with Gasteiger partial charge in [-0.25, -0.2) is 4.79 Å². The van der Waals surface area contributed by atoms with E-state index in [2.05, 4.69) is 0 Å². The molecule has 1 heterocycles. The second-order valence-electron chi connectivity index (χ2n) is 4.26. The van der Waals surface area contributed by atoms with Crippen molar-refractivity contribution in [2.75, 3.05) is 0 Å². The molecule has 1 aromatic heterocycles. The van der Waals surface area contributed by atoms with Gasteiger partial charge in [0.25, 0.3) is 22.6 Å². The number of non-ortho nitro benzene ring substituents is 1. The Morgan fingerprint density at radius 2 is 1.33 bits per heavy atom. The molecular formula is C10H5N5O9. The molecule has 0 saturated carbocycles. The van der Waals surface area contributed by atoms with Gasteiger partial charge in [-0.15, -0.1) is 0 Å². The van der Waals surface area contributed by atoms with Gasteiger partial charge in [-0.05, 0) is 0 Å². The Hall–Kier alpha value is -4.10. The van der Waals surface area contributed by atoms with E-state index < -0.39 is 60.1 Å². The van der Waals surface area contributed by atoms with Crippen molar-refractivity contribution < 1.29 is 19.9 Å². The number of aromatic amines is 2. The van der Waals surface area contributed by atoms with Crippen molar-refractivity contribution in [3.63, 3.8) is 0 Å². The van der Waals surface area contributed by atoms with E-state index in [1.165, 1.54) is 0 Å². The molecule has 14 nitrogen and oxygen atoms in total. The number of H-pyrrole nitrogens is 2. The summed E-state index contributed by atoms with van der Waals surface area (Å²) in [6.45, 7) is 0. The lowest BCUT2D eigenvalue weighted by atomic mass is 10.0. The fraction of sp³-hybridized carbons (Fsp3) is 0. The fourth-order valence-corrected chi connectivity index (χ4v) is 1.95. The lowest BCUT2D eigenvalue weighted by Gasteiger charge is -2.05. The summed E-state index contributed by atoms with van der Waals surface area (Å²) in [6.07, 6.45) is 0. The second kappa shape index (κ2) is 5.59. The molecule has 2 rings (SSSR count). The number of nitrogens with zero attached hydrogens (tertiary/aromatic N) is 3. The van der Waals surface area contributed by atoms with Gasteiger partial charge in [-0.3, -0.25) is 45.1 Å². The quantitative estimate of drug-likeness (QED) is 0.509. The van der Waals surface area contributed by atoms with E-state index in [4.69, 9.17) is 0 Å². The number of nitro groups is 3. The van der Waals surface area contributed by atoms with Gasteiger partial charge in [-0.2, -0.15) is 0 Å². The third-order valence-electron chi connectivity index (χ3n) is 2.86. The number of aromatic hydroxyl groups is 1. The summed E-state index contributed by atoms with van der Waals surface area (Å²) in [5, 5.41) is 42.7. The minimum atomic E-state index is -1.35. The summed E-state index contributed by atoms with van der Waals surface area (Å²) in [7, 11) is 0. The van der Waals surface area contributed by atoms with Crippen LogP contribution in [0.1, 0.15) is 0 Å². The molecule has 0 bridgehead atoms. The molecule has 14 heteroatoms. The Labute approximate surface area is 128 Å². The zero-order valence-electron chi connectivity index (χ0n) is 11.2. The highest BCUT2D eigenvalue weighted by molar-refractivity contribution is 5.85. The number of nitrogens with one attached hydrogen (secondary N) is 2. The molecule has 1 aromatic carbocycles. The fourth-order valence-electron chi connectivity index (χ4n) is 1.95. The van der Waals surface area contributed by atoms with Gasteiger partial charge >= 0.3 is 5.69 Å². The van der Waals surface area contributed by atoms with Crippen LogP contribution < -0.4 is 11.2 Å². The molecule has 3 N–H and O–H groups in total. The molecule has 0 fully saturated rings. The van der Waals surface area contributed by atoms with Crippen LogP contribution in [0.25, 0.3) is 11.1 Å². The Kier molecular flexibility index (Phi) is 3.79. The minimum Gasteiger partial charge on any atom is -0.494 e. The summed E-state index contributed by atoms with van der Waals surface area (Å²) in [5.41, 5.74) is -7.75. The maximum absolute atomic E-state index is 11.8.